The van der Waals surface area contributed by atoms with Crippen LogP contribution in [0.15, 0.2) is 59.0 Å². The van der Waals surface area contributed by atoms with E-state index in [1.165, 1.54) is 0 Å². The zero-order valence-corrected chi connectivity index (χ0v) is 15.3. The number of ketones is 1. The molecule has 0 amide bonds. The molecule has 1 aliphatic rings. The fourth-order valence-electron chi connectivity index (χ4n) is 2.39. The van der Waals surface area contributed by atoms with E-state index in [2.05, 4.69) is 29.9 Å². The Labute approximate surface area is 150 Å². The molecule has 1 aliphatic heterocycles. The molecule has 1 aromatic carbocycles. The van der Waals surface area contributed by atoms with Crippen LogP contribution in [0.2, 0.25) is 0 Å². The second-order valence-corrected chi connectivity index (χ2v) is 5.86. The summed E-state index contributed by atoms with van der Waals surface area (Å²) in [5.41, 5.74) is 4.44. The Balaban J connectivity index is 2.34. The Bertz CT molecular complexity index is 829. The van der Waals surface area contributed by atoms with Crippen LogP contribution in [0.5, 0.6) is 0 Å². The maximum absolute atomic E-state index is 11.6. The maximum atomic E-state index is 11.6. The van der Waals surface area contributed by atoms with Crippen molar-refractivity contribution in [1.82, 2.24) is 5.01 Å². The van der Waals surface area contributed by atoms with Gasteiger partial charge in [-0.05, 0) is 56.9 Å². The molecule has 0 N–H and O–H groups in total. The Morgan fingerprint density at radius 2 is 2.16 bits per heavy atom. The van der Waals surface area contributed by atoms with E-state index in [0.717, 1.165) is 35.4 Å². The monoisotopic (exact) mass is 332 g/mol. The summed E-state index contributed by atoms with van der Waals surface area (Å²) in [7, 11) is 0. The van der Waals surface area contributed by atoms with Crippen molar-refractivity contribution in [2.45, 2.75) is 40.5 Å². The molecule has 2 rings (SSSR count). The van der Waals surface area contributed by atoms with Crippen LogP contribution in [0.1, 0.15) is 55.1 Å². The number of carbonyl (C=O) groups is 1. The van der Waals surface area contributed by atoms with Crippen molar-refractivity contribution in [2.75, 3.05) is 0 Å². The summed E-state index contributed by atoms with van der Waals surface area (Å²) >= 11 is 0. The van der Waals surface area contributed by atoms with Gasteiger partial charge in [0.2, 0.25) is 0 Å². The summed E-state index contributed by atoms with van der Waals surface area (Å²) in [6.07, 6.45) is 11.9. The number of nitrogens with zero attached hydrogens (tertiary/aromatic N) is 2. The average Bonchev–Trinajstić information content (AvgIpc) is 2.62. The Morgan fingerprint density at radius 3 is 2.84 bits per heavy atom. The van der Waals surface area contributed by atoms with Crippen LogP contribution < -0.4 is 0 Å². The number of hydrogen-bond acceptors (Lipinski definition) is 3. The minimum Gasteiger partial charge on any atom is -0.295 e. The number of carbonyl (C=O) groups excluding carboxylic acids is 1. The minimum atomic E-state index is 0.0462. The van der Waals surface area contributed by atoms with Gasteiger partial charge in [0.15, 0.2) is 5.78 Å². The Hall–Kier alpha value is -2.86. The standard InChI is InChI=1S/C22H24N2O/c1-5-7-9-22-10-8-15-23-24(22)21(6-2)14-13-19-16-20(18(4)25)12-11-17(19)3/h6,8-12,15-16H,5,7H2,1-4H3/b21-6-,22-9+. The van der Waals surface area contributed by atoms with Crippen molar-refractivity contribution in [3.05, 3.63) is 70.6 Å². The molecule has 0 saturated carbocycles. The number of allylic oxidation sites excluding steroid dienone is 5. The largest absolute Gasteiger partial charge is 0.295 e. The fraction of sp³-hybridized carbons (Fsp3) is 0.273. The molecule has 0 aliphatic carbocycles. The number of benzene rings is 1. The highest BCUT2D eigenvalue weighted by molar-refractivity contribution is 5.94. The molecular formula is C22H24N2O. The Morgan fingerprint density at radius 1 is 1.36 bits per heavy atom. The van der Waals surface area contributed by atoms with Crippen molar-refractivity contribution in [3.8, 4) is 11.8 Å². The number of Topliss-reactive ketones (excluding diaryl/α,β-unsaturated/α-hetero) is 1. The van der Waals surface area contributed by atoms with Gasteiger partial charge in [-0.15, -0.1) is 0 Å². The van der Waals surface area contributed by atoms with E-state index in [4.69, 9.17) is 0 Å². The van der Waals surface area contributed by atoms with Gasteiger partial charge in [-0.3, -0.25) is 4.79 Å². The number of aryl methyl sites for hydroxylation is 1. The summed E-state index contributed by atoms with van der Waals surface area (Å²) < 4.78 is 0. The number of hydrazone groups is 1. The smallest absolute Gasteiger partial charge is 0.159 e. The van der Waals surface area contributed by atoms with Gasteiger partial charge in [0.05, 0.1) is 5.70 Å². The van der Waals surface area contributed by atoms with E-state index < -0.39 is 0 Å². The lowest BCUT2D eigenvalue weighted by atomic mass is 10.0. The lowest BCUT2D eigenvalue weighted by Gasteiger charge is -2.21. The van der Waals surface area contributed by atoms with Crippen LogP contribution in [-0.2, 0) is 0 Å². The maximum Gasteiger partial charge on any atom is 0.159 e. The topological polar surface area (TPSA) is 32.7 Å². The molecule has 0 saturated heterocycles. The number of unbranched alkanes of at least 4 members (excludes halogenated alkanes) is 1. The summed E-state index contributed by atoms with van der Waals surface area (Å²) in [5, 5.41) is 6.30. The van der Waals surface area contributed by atoms with E-state index >= 15 is 0 Å². The molecule has 0 bridgehead atoms. The molecule has 0 spiro atoms. The van der Waals surface area contributed by atoms with Gasteiger partial charge in [-0.25, -0.2) is 5.01 Å². The third-order valence-corrected chi connectivity index (χ3v) is 3.89. The third-order valence-electron chi connectivity index (χ3n) is 3.89. The average molecular weight is 332 g/mol. The molecule has 0 aromatic heterocycles. The first kappa shape index (κ1) is 18.5. The molecule has 128 valence electrons. The third kappa shape index (κ3) is 4.81. The van der Waals surface area contributed by atoms with Gasteiger partial charge in [-0.2, -0.15) is 5.10 Å². The van der Waals surface area contributed by atoms with E-state index in [1.54, 1.807) is 13.1 Å². The lowest BCUT2D eigenvalue weighted by Crippen LogP contribution is -2.16. The SMILES string of the molecule is C/C=C(/C#Cc1cc(C(C)=O)ccc1C)N1N=CC=C/C1=C\CCC. The minimum absolute atomic E-state index is 0.0462. The van der Waals surface area contributed by atoms with E-state index in [-0.39, 0.29) is 5.78 Å². The van der Waals surface area contributed by atoms with Crippen LogP contribution in [0.4, 0.5) is 0 Å². The molecule has 25 heavy (non-hydrogen) atoms. The molecule has 3 nitrogen and oxygen atoms in total. The molecule has 3 heteroatoms. The van der Waals surface area contributed by atoms with Crippen molar-refractivity contribution >= 4 is 12.0 Å². The van der Waals surface area contributed by atoms with E-state index in [1.807, 2.05) is 55.3 Å². The lowest BCUT2D eigenvalue weighted by molar-refractivity contribution is 0.101. The highest BCUT2D eigenvalue weighted by atomic mass is 16.1. The van der Waals surface area contributed by atoms with Crippen molar-refractivity contribution < 1.29 is 4.79 Å². The number of rotatable bonds is 4. The van der Waals surface area contributed by atoms with Crippen LogP contribution >= 0.6 is 0 Å². The van der Waals surface area contributed by atoms with Gasteiger partial charge in [0.25, 0.3) is 0 Å². The molecule has 0 fully saturated rings. The van der Waals surface area contributed by atoms with Crippen LogP contribution in [0, 0.1) is 18.8 Å². The molecule has 0 radical (unpaired) electrons. The highest BCUT2D eigenvalue weighted by Crippen LogP contribution is 2.19. The summed E-state index contributed by atoms with van der Waals surface area (Å²) in [5.74, 6) is 6.45. The predicted octanol–water partition coefficient (Wildman–Crippen LogP) is 4.99. The quantitative estimate of drug-likeness (QED) is 0.574. The molecule has 1 heterocycles. The second kappa shape index (κ2) is 8.84. The first-order valence-corrected chi connectivity index (χ1v) is 8.57. The van der Waals surface area contributed by atoms with Gasteiger partial charge in [0.1, 0.15) is 5.70 Å². The van der Waals surface area contributed by atoms with Crippen LogP contribution in [0.3, 0.4) is 0 Å². The van der Waals surface area contributed by atoms with Gasteiger partial charge in [-0.1, -0.05) is 43.5 Å². The Kier molecular flexibility index (Phi) is 6.54. The first-order chi connectivity index (χ1) is 12.1. The van der Waals surface area contributed by atoms with Crippen LogP contribution in [-0.4, -0.2) is 17.0 Å². The second-order valence-electron chi connectivity index (χ2n) is 5.86. The van der Waals surface area contributed by atoms with Crippen molar-refractivity contribution in [1.29, 1.82) is 0 Å². The van der Waals surface area contributed by atoms with E-state index in [0.29, 0.717) is 5.56 Å². The molecule has 0 atom stereocenters. The van der Waals surface area contributed by atoms with E-state index in [9.17, 15) is 4.79 Å². The van der Waals surface area contributed by atoms with Gasteiger partial charge in [0, 0.05) is 17.3 Å². The molecule has 0 unspecified atom stereocenters. The zero-order chi connectivity index (χ0) is 18.2. The summed E-state index contributed by atoms with van der Waals surface area (Å²) in [6, 6.07) is 5.63. The van der Waals surface area contributed by atoms with Crippen LogP contribution in [0.25, 0.3) is 0 Å². The normalized spacial score (nSPS) is 15.3. The summed E-state index contributed by atoms with van der Waals surface area (Å²) in [6.45, 7) is 7.67. The summed E-state index contributed by atoms with van der Waals surface area (Å²) in [4.78, 5) is 11.6. The van der Waals surface area contributed by atoms with Crippen molar-refractivity contribution in [3.63, 3.8) is 0 Å². The number of hydrogen-bond donors (Lipinski definition) is 0. The fourth-order valence-corrected chi connectivity index (χ4v) is 2.39. The van der Waals surface area contributed by atoms with Gasteiger partial charge >= 0.3 is 0 Å². The van der Waals surface area contributed by atoms with Crippen molar-refractivity contribution in [2.24, 2.45) is 5.10 Å². The zero-order valence-electron chi connectivity index (χ0n) is 15.3. The predicted molar refractivity (Wildman–Crippen MR) is 104 cm³/mol. The molecule has 1 aromatic rings. The van der Waals surface area contributed by atoms with Gasteiger partial charge < -0.3 is 0 Å². The molecular weight excluding hydrogens is 308 g/mol. The first-order valence-electron chi connectivity index (χ1n) is 8.57. The highest BCUT2D eigenvalue weighted by Gasteiger charge is 2.11.